The third-order valence-electron chi connectivity index (χ3n) is 3.03. The van der Waals surface area contributed by atoms with E-state index < -0.39 is 6.10 Å². The van der Waals surface area contributed by atoms with Crippen molar-refractivity contribution in [2.24, 2.45) is 0 Å². The first kappa shape index (κ1) is 11.3. The van der Waals surface area contributed by atoms with Gasteiger partial charge >= 0.3 is 0 Å². The van der Waals surface area contributed by atoms with E-state index in [1.54, 1.807) is 12.1 Å². The second-order valence-electron chi connectivity index (χ2n) is 4.30. The third-order valence-corrected chi connectivity index (χ3v) is 3.26. The van der Waals surface area contributed by atoms with Crippen LogP contribution in [0.15, 0.2) is 48.5 Å². The quantitative estimate of drug-likeness (QED) is 0.781. The second kappa shape index (κ2) is 4.46. The van der Waals surface area contributed by atoms with Crippen LogP contribution in [0.5, 0.6) is 5.75 Å². The lowest BCUT2D eigenvalue weighted by molar-refractivity contribution is -0.126. The minimum atomic E-state index is -0.500. The number of fused-ring (bicyclic) bond motifs is 1. The summed E-state index contributed by atoms with van der Waals surface area (Å²) >= 11 is 5.91. The first-order valence-electron chi connectivity index (χ1n) is 5.77. The summed E-state index contributed by atoms with van der Waals surface area (Å²) in [5.74, 6) is 0.809. The lowest BCUT2D eigenvalue weighted by Crippen LogP contribution is -2.25. The Balaban J connectivity index is 1.97. The highest BCUT2D eigenvalue weighted by atomic mass is 35.5. The van der Waals surface area contributed by atoms with Crippen LogP contribution in [-0.2, 0) is 11.2 Å². The van der Waals surface area contributed by atoms with Gasteiger partial charge in [0.15, 0.2) is 11.9 Å². The van der Waals surface area contributed by atoms with Crippen molar-refractivity contribution in [2.45, 2.75) is 12.5 Å². The normalized spacial score (nSPS) is 18.1. The number of Topliss-reactive ketones (excluding diaryl/α,β-unsaturated/α-hetero) is 1. The van der Waals surface area contributed by atoms with Crippen LogP contribution in [0.4, 0.5) is 0 Å². The van der Waals surface area contributed by atoms with Crippen LogP contribution in [0.2, 0.25) is 5.02 Å². The average Bonchev–Trinajstić information content (AvgIpc) is 2.39. The summed E-state index contributed by atoms with van der Waals surface area (Å²) in [5.41, 5.74) is 1.75. The summed E-state index contributed by atoms with van der Waals surface area (Å²) in [6.07, 6.45) is -0.130. The highest BCUT2D eigenvalue weighted by molar-refractivity contribution is 6.30. The molecule has 0 saturated heterocycles. The topological polar surface area (TPSA) is 26.3 Å². The second-order valence-corrected chi connectivity index (χ2v) is 4.74. The van der Waals surface area contributed by atoms with Gasteiger partial charge in [0.25, 0.3) is 0 Å². The number of rotatable bonds is 1. The predicted molar refractivity (Wildman–Crippen MR) is 70.0 cm³/mol. The van der Waals surface area contributed by atoms with Gasteiger partial charge in [-0.2, -0.15) is 0 Å². The van der Waals surface area contributed by atoms with Crippen molar-refractivity contribution in [1.29, 1.82) is 0 Å². The first-order valence-corrected chi connectivity index (χ1v) is 6.14. The van der Waals surface area contributed by atoms with Gasteiger partial charge in [0.2, 0.25) is 0 Å². The number of ether oxygens (including phenoxy) is 1. The molecule has 0 radical (unpaired) electrons. The molecule has 0 amide bonds. The Morgan fingerprint density at radius 1 is 1.11 bits per heavy atom. The number of halogens is 1. The van der Waals surface area contributed by atoms with Gasteiger partial charge < -0.3 is 4.74 Å². The fourth-order valence-electron chi connectivity index (χ4n) is 2.16. The number of benzene rings is 2. The van der Waals surface area contributed by atoms with Gasteiger partial charge in [0.05, 0.1) is 0 Å². The molecular weight excluding hydrogens is 248 g/mol. The van der Waals surface area contributed by atoms with E-state index in [1.165, 1.54) is 0 Å². The van der Waals surface area contributed by atoms with Crippen LogP contribution < -0.4 is 4.74 Å². The molecule has 90 valence electrons. The Bertz CT molecular complexity index is 593. The van der Waals surface area contributed by atoms with Gasteiger partial charge in [0, 0.05) is 17.0 Å². The number of hydrogen-bond donors (Lipinski definition) is 0. The third kappa shape index (κ3) is 2.00. The first-order chi connectivity index (χ1) is 8.74. The molecule has 1 aliphatic heterocycles. The molecule has 1 atom stereocenters. The van der Waals surface area contributed by atoms with E-state index in [4.69, 9.17) is 16.3 Å². The van der Waals surface area contributed by atoms with Crippen LogP contribution in [0.1, 0.15) is 17.2 Å². The van der Waals surface area contributed by atoms with Crippen molar-refractivity contribution in [1.82, 2.24) is 0 Å². The lowest BCUT2D eigenvalue weighted by atomic mass is 9.96. The molecule has 2 aromatic rings. The summed E-state index contributed by atoms with van der Waals surface area (Å²) in [4.78, 5) is 12.1. The summed E-state index contributed by atoms with van der Waals surface area (Å²) in [6.45, 7) is 0. The zero-order chi connectivity index (χ0) is 12.5. The predicted octanol–water partition coefficient (Wildman–Crippen LogP) is 3.59. The monoisotopic (exact) mass is 258 g/mol. The standard InChI is InChI=1S/C15H11ClO2/c16-12-6-7-14-11(8-12)9-13(17)15(18-14)10-4-2-1-3-5-10/h1-8,15H,9H2. The Hall–Kier alpha value is -1.80. The smallest absolute Gasteiger partial charge is 0.182 e. The van der Waals surface area contributed by atoms with Gasteiger partial charge in [-0.3, -0.25) is 4.79 Å². The largest absolute Gasteiger partial charge is 0.478 e. The molecule has 0 saturated carbocycles. The van der Waals surface area contributed by atoms with Crippen LogP contribution in [-0.4, -0.2) is 5.78 Å². The minimum absolute atomic E-state index is 0.0657. The maximum atomic E-state index is 12.1. The SMILES string of the molecule is O=C1Cc2cc(Cl)ccc2OC1c1ccccc1. The molecule has 3 rings (SSSR count). The van der Waals surface area contributed by atoms with E-state index in [-0.39, 0.29) is 5.78 Å². The number of carbonyl (C=O) groups excluding carboxylic acids is 1. The van der Waals surface area contributed by atoms with Crippen molar-refractivity contribution in [3.8, 4) is 5.75 Å². The lowest BCUT2D eigenvalue weighted by Gasteiger charge is -2.25. The summed E-state index contributed by atoms with van der Waals surface area (Å²) in [5, 5.41) is 0.628. The summed E-state index contributed by atoms with van der Waals surface area (Å²) in [7, 11) is 0. The molecule has 3 heteroatoms. The molecule has 1 aliphatic rings. The van der Waals surface area contributed by atoms with Crippen molar-refractivity contribution in [3.63, 3.8) is 0 Å². The molecule has 1 heterocycles. The molecule has 18 heavy (non-hydrogen) atoms. The molecule has 0 aliphatic carbocycles. The van der Waals surface area contributed by atoms with Crippen LogP contribution in [0.25, 0.3) is 0 Å². The van der Waals surface area contributed by atoms with E-state index in [1.807, 2.05) is 36.4 Å². The van der Waals surface area contributed by atoms with Gasteiger partial charge in [-0.05, 0) is 23.8 Å². The Kier molecular flexibility index (Phi) is 2.80. The van der Waals surface area contributed by atoms with Gasteiger partial charge in [0.1, 0.15) is 5.75 Å². The molecule has 2 nitrogen and oxygen atoms in total. The molecule has 2 aromatic carbocycles. The number of hydrogen-bond acceptors (Lipinski definition) is 2. The maximum Gasteiger partial charge on any atom is 0.182 e. The van der Waals surface area contributed by atoms with Crippen LogP contribution >= 0.6 is 11.6 Å². The number of ketones is 1. The van der Waals surface area contributed by atoms with Crippen molar-refractivity contribution >= 4 is 17.4 Å². The molecule has 0 spiro atoms. The van der Waals surface area contributed by atoms with Crippen LogP contribution in [0.3, 0.4) is 0 Å². The zero-order valence-electron chi connectivity index (χ0n) is 9.60. The van der Waals surface area contributed by atoms with E-state index in [0.717, 1.165) is 16.9 Å². The fourth-order valence-corrected chi connectivity index (χ4v) is 2.35. The average molecular weight is 259 g/mol. The molecule has 0 bridgehead atoms. The summed E-state index contributed by atoms with van der Waals surface area (Å²) in [6, 6.07) is 14.9. The van der Waals surface area contributed by atoms with Gasteiger partial charge in [-0.15, -0.1) is 0 Å². The molecule has 1 unspecified atom stereocenters. The van der Waals surface area contributed by atoms with E-state index in [2.05, 4.69) is 0 Å². The van der Waals surface area contributed by atoms with Gasteiger partial charge in [-0.25, -0.2) is 0 Å². The highest BCUT2D eigenvalue weighted by Crippen LogP contribution is 2.34. The molecule has 0 aromatic heterocycles. The minimum Gasteiger partial charge on any atom is -0.478 e. The Morgan fingerprint density at radius 3 is 2.67 bits per heavy atom. The fraction of sp³-hybridized carbons (Fsp3) is 0.133. The van der Waals surface area contributed by atoms with Crippen molar-refractivity contribution in [2.75, 3.05) is 0 Å². The number of carbonyl (C=O) groups is 1. The summed E-state index contributed by atoms with van der Waals surface area (Å²) < 4.78 is 5.78. The Labute approximate surface area is 110 Å². The van der Waals surface area contributed by atoms with E-state index in [9.17, 15) is 4.79 Å². The maximum absolute atomic E-state index is 12.1. The molecular formula is C15H11ClO2. The highest BCUT2D eigenvalue weighted by Gasteiger charge is 2.28. The molecule has 0 N–H and O–H groups in total. The van der Waals surface area contributed by atoms with Crippen LogP contribution in [0, 0.1) is 0 Å². The van der Waals surface area contributed by atoms with Gasteiger partial charge in [-0.1, -0.05) is 41.9 Å². The van der Waals surface area contributed by atoms with E-state index >= 15 is 0 Å². The zero-order valence-corrected chi connectivity index (χ0v) is 10.4. The van der Waals surface area contributed by atoms with Crippen molar-refractivity contribution in [3.05, 3.63) is 64.7 Å². The Morgan fingerprint density at radius 2 is 1.89 bits per heavy atom. The van der Waals surface area contributed by atoms with E-state index in [0.29, 0.717) is 11.4 Å². The van der Waals surface area contributed by atoms with Crippen molar-refractivity contribution < 1.29 is 9.53 Å². The molecule has 0 fully saturated rings.